The van der Waals surface area contributed by atoms with Gasteiger partial charge in [-0.15, -0.1) is 0 Å². The lowest BCUT2D eigenvalue weighted by atomic mass is 10.2. The zero-order valence-corrected chi connectivity index (χ0v) is 9.63. The third kappa shape index (κ3) is 3.33. The van der Waals surface area contributed by atoms with Gasteiger partial charge in [0.1, 0.15) is 0 Å². The van der Waals surface area contributed by atoms with Crippen LogP contribution in [0.15, 0.2) is 12.4 Å². The zero-order valence-electron chi connectivity index (χ0n) is 9.63. The Hall–Kier alpha value is -1.38. The van der Waals surface area contributed by atoms with Crippen molar-refractivity contribution in [3.63, 3.8) is 0 Å². The summed E-state index contributed by atoms with van der Waals surface area (Å²) in [6.45, 7) is 4.49. The molecule has 1 heterocycles. The first-order valence-corrected chi connectivity index (χ1v) is 5.35. The van der Waals surface area contributed by atoms with E-state index in [4.69, 9.17) is 15.1 Å². The Morgan fingerprint density at radius 3 is 2.88 bits per heavy atom. The number of hydrogen-bond donors (Lipinski definition) is 1. The Morgan fingerprint density at radius 1 is 1.62 bits per heavy atom. The molecule has 1 rings (SSSR count). The maximum atomic E-state index is 8.95. The minimum absolute atomic E-state index is 0.0728. The molecular formula is C11H17N3O2. The molecule has 0 aliphatic carbocycles. The number of ether oxygens (including phenoxy) is 1. The van der Waals surface area contributed by atoms with Crippen molar-refractivity contribution in [2.24, 2.45) is 0 Å². The summed E-state index contributed by atoms with van der Waals surface area (Å²) >= 11 is 0. The van der Waals surface area contributed by atoms with Crippen molar-refractivity contribution >= 4 is 0 Å². The Bertz CT molecular complexity index is 354. The molecule has 0 aliphatic heterocycles. The fourth-order valence-corrected chi connectivity index (χ4v) is 1.24. The third-order valence-corrected chi connectivity index (χ3v) is 2.16. The third-order valence-electron chi connectivity index (χ3n) is 2.16. The highest BCUT2D eigenvalue weighted by Crippen LogP contribution is 2.17. The maximum Gasteiger partial charge on any atom is 0.172 e. The fraction of sp³-hybridized carbons (Fsp3) is 0.636. The molecule has 1 N–H and O–H groups in total. The average molecular weight is 223 g/mol. The van der Waals surface area contributed by atoms with Crippen LogP contribution in [0.1, 0.15) is 38.0 Å². The topological polar surface area (TPSA) is 71.1 Å². The van der Waals surface area contributed by atoms with Crippen LogP contribution < -0.4 is 0 Å². The average Bonchev–Trinajstić information content (AvgIpc) is 2.74. The number of aliphatic hydroxyl groups is 1. The van der Waals surface area contributed by atoms with E-state index in [9.17, 15) is 0 Å². The van der Waals surface area contributed by atoms with Gasteiger partial charge in [0.25, 0.3) is 0 Å². The summed E-state index contributed by atoms with van der Waals surface area (Å²) in [5, 5.41) is 21.7. The number of rotatable bonds is 6. The van der Waals surface area contributed by atoms with Crippen LogP contribution in [0.5, 0.6) is 0 Å². The summed E-state index contributed by atoms with van der Waals surface area (Å²) in [6.07, 6.45) is 3.40. The lowest BCUT2D eigenvalue weighted by Crippen LogP contribution is -2.04. The molecule has 5 heteroatoms. The van der Waals surface area contributed by atoms with Crippen LogP contribution in [-0.2, 0) is 4.74 Å². The number of hydrogen-bond acceptors (Lipinski definition) is 4. The first kappa shape index (κ1) is 12.7. The van der Waals surface area contributed by atoms with E-state index in [0.29, 0.717) is 13.0 Å². The molecule has 0 spiro atoms. The SMILES string of the molecule is CC(C)n1cc(C(C#N)OCCCO)cn1. The summed E-state index contributed by atoms with van der Waals surface area (Å²) in [4.78, 5) is 0. The van der Waals surface area contributed by atoms with E-state index in [2.05, 4.69) is 11.2 Å². The molecule has 1 unspecified atom stereocenters. The van der Waals surface area contributed by atoms with E-state index in [1.165, 1.54) is 0 Å². The van der Waals surface area contributed by atoms with E-state index in [1.807, 2.05) is 20.0 Å². The van der Waals surface area contributed by atoms with Crippen LogP contribution in [-0.4, -0.2) is 28.1 Å². The van der Waals surface area contributed by atoms with Crippen molar-refractivity contribution in [2.45, 2.75) is 32.4 Å². The largest absolute Gasteiger partial charge is 0.396 e. The van der Waals surface area contributed by atoms with Gasteiger partial charge in [0, 0.05) is 24.4 Å². The monoisotopic (exact) mass is 223 g/mol. The van der Waals surface area contributed by atoms with Crippen LogP contribution >= 0.6 is 0 Å². The van der Waals surface area contributed by atoms with E-state index in [-0.39, 0.29) is 12.6 Å². The zero-order chi connectivity index (χ0) is 12.0. The van der Waals surface area contributed by atoms with Crippen LogP contribution in [0.4, 0.5) is 0 Å². The smallest absolute Gasteiger partial charge is 0.172 e. The second-order valence-corrected chi connectivity index (χ2v) is 3.80. The first-order chi connectivity index (χ1) is 7.69. The summed E-state index contributed by atoms with van der Waals surface area (Å²) in [5.74, 6) is 0. The molecule has 0 aromatic carbocycles. The molecule has 88 valence electrons. The summed E-state index contributed by atoms with van der Waals surface area (Å²) in [7, 11) is 0. The van der Waals surface area contributed by atoms with E-state index >= 15 is 0 Å². The summed E-state index contributed by atoms with van der Waals surface area (Å²) in [5.41, 5.74) is 0.758. The maximum absolute atomic E-state index is 8.95. The molecule has 0 saturated carbocycles. The normalized spacial score (nSPS) is 12.7. The molecule has 1 atom stereocenters. The predicted octanol–water partition coefficient (Wildman–Crippen LogP) is 1.43. The van der Waals surface area contributed by atoms with Crippen molar-refractivity contribution in [1.82, 2.24) is 9.78 Å². The van der Waals surface area contributed by atoms with Crippen molar-refractivity contribution in [3.8, 4) is 6.07 Å². The van der Waals surface area contributed by atoms with Crippen molar-refractivity contribution in [3.05, 3.63) is 18.0 Å². The van der Waals surface area contributed by atoms with Crippen LogP contribution in [0.3, 0.4) is 0 Å². The van der Waals surface area contributed by atoms with Gasteiger partial charge in [0.05, 0.1) is 18.9 Å². The molecule has 0 radical (unpaired) electrons. The van der Waals surface area contributed by atoms with Gasteiger partial charge in [-0.2, -0.15) is 10.4 Å². The number of aliphatic hydroxyl groups excluding tert-OH is 1. The van der Waals surface area contributed by atoms with Gasteiger partial charge in [-0.3, -0.25) is 4.68 Å². The molecule has 5 nitrogen and oxygen atoms in total. The second kappa shape index (κ2) is 6.26. The molecule has 0 aliphatic rings. The molecular weight excluding hydrogens is 206 g/mol. The lowest BCUT2D eigenvalue weighted by molar-refractivity contribution is 0.0773. The van der Waals surface area contributed by atoms with E-state index in [0.717, 1.165) is 5.56 Å². The number of nitrogens with zero attached hydrogens (tertiary/aromatic N) is 3. The molecule has 0 bridgehead atoms. The highest BCUT2D eigenvalue weighted by Gasteiger charge is 2.13. The Balaban J connectivity index is 2.61. The van der Waals surface area contributed by atoms with Gasteiger partial charge in [-0.05, 0) is 20.3 Å². The number of aromatic nitrogens is 2. The molecule has 1 aromatic rings. The van der Waals surface area contributed by atoms with Gasteiger partial charge >= 0.3 is 0 Å². The van der Waals surface area contributed by atoms with Gasteiger partial charge in [-0.1, -0.05) is 0 Å². The molecule has 0 saturated heterocycles. The van der Waals surface area contributed by atoms with E-state index in [1.54, 1.807) is 10.9 Å². The fourth-order valence-electron chi connectivity index (χ4n) is 1.24. The van der Waals surface area contributed by atoms with Crippen LogP contribution in [0.25, 0.3) is 0 Å². The van der Waals surface area contributed by atoms with Gasteiger partial charge in [-0.25, -0.2) is 0 Å². The van der Waals surface area contributed by atoms with Crippen molar-refractivity contribution in [2.75, 3.05) is 13.2 Å². The van der Waals surface area contributed by atoms with Crippen molar-refractivity contribution < 1.29 is 9.84 Å². The molecule has 1 aromatic heterocycles. The summed E-state index contributed by atoms with van der Waals surface area (Å²) < 4.78 is 7.12. The minimum Gasteiger partial charge on any atom is -0.396 e. The minimum atomic E-state index is -0.598. The highest BCUT2D eigenvalue weighted by molar-refractivity contribution is 5.15. The molecule has 0 fully saturated rings. The Labute approximate surface area is 95.3 Å². The van der Waals surface area contributed by atoms with Crippen LogP contribution in [0, 0.1) is 11.3 Å². The van der Waals surface area contributed by atoms with Crippen molar-refractivity contribution in [1.29, 1.82) is 5.26 Å². The standard InChI is InChI=1S/C11H17N3O2/c1-9(2)14-8-10(7-13-14)11(6-12)16-5-3-4-15/h7-9,11,15H,3-5H2,1-2H3. The number of nitriles is 1. The molecule has 16 heavy (non-hydrogen) atoms. The van der Waals surface area contributed by atoms with Gasteiger partial charge < -0.3 is 9.84 Å². The Morgan fingerprint density at radius 2 is 2.38 bits per heavy atom. The molecule has 0 amide bonds. The van der Waals surface area contributed by atoms with E-state index < -0.39 is 6.10 Å². The second-order valence-electron chi connectivity index (χ2n) is 3.80. The quantitative estimate of drug-likeness (QED) is 0.740. The van der Waals surface area contributed by atoms with Gasteiger partial charge in [0.2, 0.25) is 0 Å². The highest BCUT2D eigenvalue weighted by atomic mass is 16.5. The summed E-state index contributed by atoms with van der Waals surface area (Å²) in [6, 6.07) is 2.34. The predicted molar refractivity (Wildman–Crippen MR) is 58.6 cm³/mol. The Kier molecular flexibility index (Phi) is 4.96. The lowest BCUT2D eigenvalue weighted by Gasteiger charge is -2.08. The van der Waals surface area contributed by atoms with Gasteiger partial charge in [0.15, 0.2) is 6.10 Å². The first-order valence-electron chi connectivity index (χ1n) is 5.35. The van der Waals surface area contributed by atoms with Crippen LogP contribution in [0.2, 0.25) is 0 Å².